The summed E-state index contributed by atoms with van der Waals surface area (Å²) in [5, 5.41) is 5.53. The van der Waals surface area contributed by atoms with Gasteiger partial charge in [0, 0.05) is 48.8 Å². The van der Waals surface area contributed by atoms with E-state index in [1.165, 1.54) is 0 Å². The number of nitrogens with zero attached hydrogens (tertiary/aromatic N) is 5. The van der Waals surface area contributed by atoms with Crippen LogP contribution in [0.25, 0.3) is 11.4 Å². The summed E-state index contributed by atoms with van der Waals surface area (Å²) in [6.45, 7) is 7.58. The maximum absolute atomic E-state index is 13.2. The Bertz CT molecular complexity index is 1270. The monoisotopic (exact) mass is 501 g/mol. The Morgan fingerprint density at radius 1 is 1.14 bits per heavy atom. The van der Waals surface area contributed by atoms with E-state index in [9.17, 15) is 9.59 Å². The van der Waals surface area contributed by atoms with E-state index in [4.69, 9.17) is 14.7 Å². The van der Waals surface area contributed by atoms with E-state index in [1.54, 1.807) is 24.5 Å². The molecule has 1 unspecified atom stereocenters. The molecule has 4 heterocycles. The smallest absolute Gasteiger partial charge is 0.319 e. The largest absolute Gasteiger partial charge is 0.377 e. The van der Waals surface area contributed by atoms with Crippen molar-refractivity contribution < 1.29 is 14.3 Å². The molecule has 1 saturated heterocycles. The molecule has 5 rings (SSSR count). The van der Waals surface area contributed by atoms with Gasteiger partial charge in [-0.2, -0.15) is 0 Å². The number of urea groups is 1. The van der Waals surface area contributed by atoms with E-state index >= 15 is 0 Å². The van der Waals surface area contributed by atoms with Crippen LogP contribution >= 0.6 is 0 Å². The van der Waals surface area contributed by atoms with Gasteiger partial charge in [-0.15, -0.1) is 0 Å². The highest BCUT2D eigenvalue weighted by atomic mass is 16.5. The normalized spacial score (nSPS) is 17.2. The summed E-state index contributed by atoms with van der Waals surface area (Å²) in [5.74, 6) is 1.45. The van der Waals surface area contributed by atoms with Crippen molar-refractivity contribution in [3.63, 3.8) is 0 Å². The second-order valence-electron chi connectivity index (χ2n) is 9.19. The van der Waals surface area contributed by atoms with Crippen LogP contribution in [0.4, 0.5) is 16.3 Å². The maximum atomic E-state index is 13.2. The van der Waals surface area contributed by atoms with Crippen molar-refractivity contribution in [2.24, 2.45) is 0 Å². The number of hydrogen-bond donors (Lipinski definition) is 2. The van der Waals surface area contributed by atoms with Crippen LogP contribution in [0.5, 0.6) is 0 Å². The molecule has 0 bridgehead atoms. The Kier molecular flexibility index (Phi) is 7.27. The lowest BCUT2D eigenvalue weighted by molar-refractivity contribution is 0.0731. The first kappa shape index (κ1) is 24.6. The lowest BCUT2D eigenvalue weighted by atomic mass is 10.0. The van der Waals surface area contributed by atoms with Gasteiger partial charge in [0.15, 0.2) is 5.82 Å². The zero-order valence-electron chi connectivity index (χ0n) is 21.1. The van der Waals surface area contributed by atoms with Crippen LogP contribution in [0.15, 0.2) is 48.8 Å². The molecule has 0 spiro atoms. The van der Waals surface area contributed by atoms with Crippen LogP contribution < -0.4 is 15.5 Å². The summed E-state index contributed by atoms with van der Waals surface area (Å²) in [4.78, 5) is 43.2. The third-order valence-corrected chi connectivity index (χ3v) is 6.62. The van der Waals surface area contributed by atoms with Crippen LogP contribution in [0.3, 0.4) is 0 Å². The molecule has 1 atom stereocenters. The summed E-state index contributed by atoms with van der Waals surface area (Å²) in [7, 11) is 0. The Labute approximate surface area is 216 Å². The molecule has 192 valence electrons. The van der Waals surface area contributed by atoms with Gasteiger partial charge < -0.3 is 25.2 Å². The van der Waals surface area contributed by atoms with Crippen molar-refractivity contribution in [3.8, 4) is 11.4 Å². The predicted molar refractivity (Wildman–Crippen MR) is 140 cm³/mol. The van der Waals surface area contributed by atoms with E-state index < -0.39 is 0 Å². The molecule has 0 aliphatic carbocycles. The zero-order valence-corrected chi connectivity index (χ0v) is 21.1. The SMILES string of the molecule is CCNC(=O)Nc1ccc(-c2nc3c(c(N4CCOCC4C)n2)CCN(C(=O)c2cccnc2)C3)cc1. The van der Waals surface area contributed by atoms with Crippen LogP contribution in [0, 0.1) is 0 Å². The van der Waals surface area contributed by atoms with Gasteiger partial charge in [0.05, 0.1) is 37.1 Å². The lowest BCUT2D eigenvalue weighted by Crippen LogP contribution is -2.45. The molecule has 10 nitrogen and oxygen atoms in total. The predicted octanol–water partition coefficient (Wildman–Crippen LogP) is 3.10. The first-order valence-electron chi connectivity index (χ1n) is 12.6. The fourth-order valence-corrected chi connectivity index (χ4v) is 4.70. The first-order valence-corrected chi connectivity index (χ1v) is 12.6. The molecular weight excluding hydrogens is 470 g/mol. The van der Waals surface area contributed by atoms with Crippen LogP contribution in [0.1, 0.15) is 35.5 Å². The molecule has 37 heavy (non-hydrogen) atoms. The number of fused-ring (bicyclic) bond motifs is 1. The third kappa shape index (κ3) is 5.39. The van der Waals surface area contributed by atoms with Crippen molar-refractivity contribution in [1.82, 2.24) is 25.2 Å². The number of amides is 3. The Hall–Kier alpha value is -4.05. The fraction of sp³-hybridized carbons (Fsp3) is 0.370. The van der Waals surface area contributed by atoms with Crippen molar-refractivity contribution in [2.45, 2.75) is 32.9 Å². The standard InChI is InChI=1S/C27H31N7O3/c1-3-29-27(36)30-21-8-6-19(7-9-21)24-31-23-16-33(26(35)20-5-4-11-28-15-20)12-10-22(23)25(32-24)34-13-14-37-17-18(34)2/h4-9,11,15,18H,3,10,12-14,16-17H2,1-2H3,(H2,29,30,36). The molecule has 3 aromatic rings. The summed E-state index contributed by atoms with van der Waals surface area (Å²) in [6.07, 6.45) is 3.94. The number of carbonyl (C=O) groups is 2. The lowest BCUT2D eigenvalue weighted by Gasteiger charge is -2.37. The Balaban J connectivity index is 1.48. The van der Waals surface area contributed by atoms with E-state index in [-0.39, 0.29) is 18.0 Å². The number of carbonyl (C=O) groups excluding carboxylic acids is 2. The molecule has 3 amide bonds. The summed E-state index contributed by atoms with van der Waals surface area (Å²) >= 11 is 0. The van der Waals surface area contributed by atoms with Gasteiger partial charge in [-0.25, -0.2) is 14.8 Å². The highest BCUT2D eigenvalue weighted by Crippen LogP contribution is 2.32. The van der Waals surface area contributed by atoms with Crippen molar-refractivity contribution in [1.29, 1.82) is 0 Å². The zero-order chi connectivity index (χ0) is 25.8. The number of nitrogens with one attached hydrogen (secondary N) is 2. The number of benzene rings is 1. The number of hydrogen-bond acceptors (Lipinski definition) is 7. The van der Waals surface area contributed by atoms with E-state index in [1.807, 2.05) is 36.1 Å². The minimum absolute atomic E-state index is 0.0546. The Morgan fingerprint density at radius 2 is 1.97 bits per heavy atom. The molecule has 1 aromatic carbocycles. The molecule has 10 heteroatoms. The molecule has 1 fully saturated rings. The van der Waals surface area contributed by atoms with Gasteiger partial charge in [-0.3, -0.25) is 9.78 Å². The van der Waals surface area contributed by atoms with E-state index in [0.717, 1.165) is 29.2 Å². The minimum Gasteiger partial charge on any atom is -0.377 e. The molecule has 0 radical (unpaired) electrons. The number of rotatable bonds is 5. The third-order valence-electron chi connectivity index (χ3n) is 6.62. The summed E-state index contributed by atoms with van der Waals surface area (Å²) < 4.78 is 5.67. The highest BCUT2D eigenvalue weighted by molar-refractivity contribution is 5.94. The fourth-order valence-electron chi connectivity index (χ4n) is 4.70. The number of ether oxygens (including phenoxy) is 1. The molecule has 2 aromatic heterocycles. The summed E-state index contributed by atoms with van der Waals surface area (Å²) in [5.41, 5.74) is 4.02. The summed E-state index contributed by atoms with van der Waals surface area (Å²) in [6, 6.07) is 11.0. The van der Waals surface area contributed by atoms with Gasteiger partial charge >= 0.3 is 6.03 Å². The van der Waals surface area contributed by atoms with Crippen LogP contribution in [-0.2, 0) is 17.7 Å². The van der Waals surface area contributed by atoms with Crippen molar-refractivity contribution in [3.05, 3.63) is 65.6 Å². The van der Waals surface area contributed by atoms with Gasteiger partial charge in [-0.05, 0) is 56.7 Å². The van der Waals surface area contributed by atoms with Gasteiger partial charge in [0.1, 0.15) is 5.82 Å². The van der Waals surface area contributed by atoms with Gasteiger partial charge in [0.25, 0.3) is 5.91 Å². The van der Waals surface area contributed by atoms with Crippen molar-refractivity contribution >= 4 is 23.4 Å². The molecule has 2 aliphatic rings. The van der Waals surface area contributed by atoms with Gasteiger partial charge in [0.2, 0.25) is 0 Å². The number of aromatic nitrogens is 3. The highest BCUT2D eigenvalue weighted by Gasteiger charge is 2.30. The number of morpholine rings is 1. The first-order chi connectivity index (χ1) is 18.0. The molecule has 2 aliphatic heterocycles. The second-order valence-corrected chi connectivity index (χ2v) is 9.19. The molecule has 0 saturated carbocycles. The topological polar surface area (TPSA) is 113 Å². The Morgan fingerprint density at radius 3 is 2.70 bits per heavy atom. The van der Waals surface area contributed by atoms with E-state index in [2.05, 4.69) is 27.4 Å². The average Bonchev–Trinajstić information content (AvgIpc) is 2.93. The number of pyridine rings is 1. The molecule has 2 N–H and O–H groups in total. The van der Waals surface area contributed by atoms with Crippen molar-refractivity contribution in [2.75, 3.05) is 43.1 Å². The van der Waals surface area contributed by atoms with Crippen LogP contribution in [-0.4, -0.2) is 70.7 Å². The van der Waals surface area contributed by atoms with Crippen LogP contribution in [0.2, 0.25) is 0 Å². The second kappa shape index (κ2) is 10.9. The van der Waals surface area contributed by atoms with E-state index in [0.29, 0.717) is 56.3 Å². The van der Waals surface area contributed by atoms with Gasteiger partial charge in [-0.1, -0.05) is 0 Å². The average molecular weight is 502 g/mol. The minimum atomic E-state index is -0.248. The quantitative estimate of drug-likeness (QED) is 0.552. The maximum Gasteiger partial charge on any atom is 0.319 e. The molecular formula is C27H31N7O3. The number of anilines is 2.